The lowest BCUT2D eigenvalue weighted by Gasteiger charge is -2.27. The SMILES string of the molecule is CCOCCCNC(=O)CCn1c(=O)c(N2CCCCC2)nc2ccccc21. The van der Waals surface area contributed by atoms with Gasteiger partial charge in [-0.1, -0.05) is 12.1 Å². The molecule has 1 amide bonds. The number of aryl methyl sites for hydroxylation is 1. The zero-order valence-electron chi connectivity index (χ0n) is 16.7. The van der Waals surface area contributed by atoms with Gasteiger partial charge in [-0.15, -0.1) is 0 Å². The summed E-state index contributed by atoms with van der Waals surface area (Å²) in [6.45, 7) is 5.94. The molecule has 2 aromatic rings. The van der Waals surface area contributed by atoms with Gasteiger partial charge < -0.3 is 19.5 Å². The van der Waals surface area contributed by atoms with Crippen molar-refractivity contribution in [2.75, 3.05) is 37.7 Å². The molecule has 1 aromatic heterocycles. The third-order valence-electron chi connectivity index (χ3n) is 5.05. The highest BCUT2D eigenvalue weighted by Gasteiger charge is 2.19. The van der Waals surface area contributed by atoms with Crippen LogP contribution >= 0.6 is 0 Å². The third kappa shape index (κ3) is 5.10. The first kappa shape index (κ1) is 20.3. The summed E-state index contributed by atoms with van der Waals surface area (Å²) >= 11 is 0. The number of piperidine rings is 1. The second-order valence-electron chi connectivity index (χ2n) is 7.08. The fourth-order valence-corrected chi connectivity index (χ4v) is 3.56. The van der Waals surface area contributed by atoms with E-state index in [4.69, 9.17) is 4.74 Å². The molecule has 28 heavy (non-hydrogen) atoms. The Kier molecular flexibility index (Phi) is 7.42. The summed E-state index contributed by atoms with van der Waals surface area (Å²) in [5, 5.41) is 2.90. The lowest BCUT2D eigenvalue weighted by Crippen LogP contribution is -2.37. The van der Waals surface area contributed by atoms with Gasteiger partial charge in [0.2, 0.25) is 5.91 Å². The Morgan fingerprint density at radius 2 is 2.00 bits per heavy atom. The number of carbonyl (C=O) groups excluding carboxylic acids is 1. The molecule has 0 aliphatic carbocycles. The van der Waals surface area contributed by atoms with Gasteiger partial charge >= 0.3 is 0 Å². The molecule has 1 aromatic carbocycles. The van der Waals surface area contributed by atoms with E-state index in [0.717, 1.165) is 43.4 Å². The maximum Gasteiger partial charge on any atom is 0.294 e. The first-order chi connectivity index (χ1) is 13.7. The number of nitrogens with one attached hydrogen (secondary N) is 1. The number of hydrogen-bond acceptors (Lipinski definition) is 5. The fraction of sp³-hybridized carbons (Fsp3) is 0.571. The van der Waals surface area contributed by atoms with Crippen molar-refractivity contribution in [3.8, 4) is 0 Å². The maximum atomic E-state index is 13.1. The second kappa shape index (κ2) is 10.2. The highest BCUT2D eigenvalue weighted by Crippen LogP contribution is 2.18. The fourth-order valence-electron chi connectivity index (χ4n) is 3.56. The summed E-state index contributed by atoms with van der Waals surface area (Å²) in [6.07, 6.45) is 4.41. The summed E-state index contributed by atoms with van der Waals surface area (Å²) in [4.78, 5) is 32.1. The number of carbonyl (C=O) groups is 1. The van der Waals surface area contributed by atoms with Gasteiger partial charge in [-0.3, -0.25) is 9.59 Å². The van der Waals surface area contributed by atoms with Crippen LogP contribution in [-0.2, 0) is 16.1 Å². The van der Waals surface area contributed by atoms with E-state index in [1.54, 1.807) is 4.57 Å². The molecule has 1 aliphatic rings. The average Bonchev–Trinajstić information content (AvgIpc) is 2.73. The van der Waals surface area contributed by atoms with E-state index in [9.17, 15) is 9.59 Å². The molecule has 0 bridgehead atoms. The highest BCUT2D eigenvalue weighted by atomic mass is 16.5. The lowest BCUT2D eigenvalue weighted by molar-refractivity contribution is -0.121. The number of para-hydroxylation sites is 2. The summed E-state index contributed by atoms with van der Waals surface area (Å²) in [5.41, 5.74) is 1.46. The number of fused-ring (bicyclic) bond motifs is 1. The van der Waals surface area contributed by atoms with Gasteiger partial charge in [0.15, 0.2) is 5.82 Å². The number of amides is 1. The zero-order chi connectivity index (χ0) is 19.8. The second-order valence-corrected chi connectivity index (χ2v) is 7.08. The Morgan fingerprint density at radius 1 is 1.21 bits per heavy atom. The number of aromatic nitrogens is 2. The van der Waals surface area contributed by atoms with Crippen molar-refractivity contribution in [1.82, 2.24) is 14.9 Å². The van der Waals surface area contributed by atoms with Crippen LogP contribution in [0.2, 0.25) is 0 Å². The van der Waals surface area contributed by atoms with Crippen molar-refractivity contribution in [3.63, 3.8) is 0 Å². The summed E-state index contributed by atoms with van der Waals surface area (Å²) in [7, 11) is 0. The van der Waals surface area contributed by atoms with Gasteiger partial charge in [0.25, 0.3) is 5.56 Å². The van der Waals surface area contributed by atoms with Gasteiger partial charge in [-0.05, 0) is 44.7 Å². The first-order valence-corrected chi connectivity index (χ1v) is 10.3. The van der Waals surface area contributed by atoms with Crippen molar-refractivity contribution >= 4 is 22.8 Å². The van der Waals surface area contributed by atoms with E-state index in [-0.39, 0.29) is 17.9 Å². The average molecular weight is 386 g/mol. The number of benzene rings is 1. The highest BCUT2D eigenvalue weighted by molar-refractivity contribution is 5.78. The van der Waals surface area contributed by atoms with E-state index >= 15 is 0 Å². The van der Waals surface area contributed by atoms with Crippen LogP contribution in [0.1, 0.15) is 39.0 Å². The van der Waals surface area contributed by atoms with Crippen LogP contribution < -0.4 is 15.8 Å². The van der Waals surface area contributed by atoms with Crippen molar-refractivity contribution in [3.05, 3.63) is 34.6 Å². The standard InChI is InChI=1S/C21H30N4O3/c1-2-28-16-8-12-22-19(26)11-15-25-18-10-5-4-9-17(18)23-20(21(25)27)24-13-6-3-7-14-24/h4-5,9-10H,2-3,6-8,11-16H2,1H3,(H,22,26). The number of anilines is 1. The summed E-state index contributed by atoms with van der Waals surface area (Å²) < 4.78 is 6.97. The molecule has 1 aliphatic heterocycles. The number of rotatable bonds is 9. The molecular weight excluding hydrogens is 356 g/mol. The van der Waals surface area contributed by atoms with Gasteiger partial charge in [-0.2, -0.15) is 0 Å². The minimum atomic E-state index is -0.107. The van der Waals surface area contributed by atoms with Crippen LogP contribution in [0.3, 0.4) is 0 Å². The van der Waals surface area contributed by atoms with Crippen molar-refractivity contribution in [1.29, 1.82) is 0 Å². The van der Waals surface area contributed by atoms with Crippen LogP contribution in [0.5, 0.6) is 0 Å². The Labute approximate surface area is 165 Å². The topological polar surface area (TPSA) is 76.5 Å². The van der Waals surface area contributed by atoms with Crippen LogP contribution in [0.25, 0.3) is 11.0 Å². The third-order valence-corrected chi connectivity index (χ3v) is 5.05. The molecule has 0 unspecified atom stereocenters. The molecule has 152 valence electrons. The normalized spacial score (nSPS) is 14.4. The van der Waals surface area contributed by atoms with Crippen LogP contribution in [0.15, 0.2) is 29.1 Å². The van der Waals surface area contributed by atoms with Gasteiger partial charge in [0, 0.05) is 45.8 Å². The van der Waals surface area contributed by atoms with E-state index in [1.165, 1.54) is 6.42 Å². The van der Waals surface area contributed by atoms with Crippen molar-refractivity contribution in [2.24, 2.45) is 0 Å². The molecule has 2 heterocycles. The molecule has 7 heteroatoms. The number of nitrogens with zero attached hydrogens (tertiary/aromatic N) is 3. The van der Waals surface area contributed by atoms with Crippen LogP contribution in [0, 0.1) is 0 Å². The van der Waals surface area contributed by atoms with E-state index in [0.29, 0.717) is 32.1 Å². The van der Waals surface area contributed by atoms with E-state index in [2.05, 4.69) is 15.2 Å². The van der Waals surface area contributed by atoms with Gasteiger partial charge in [0.1, 0.15) is 0 Å². The summed E-state index contributed by atoms with van der Waals surface area (Å²) in [5.74, 6) is 0.458. The molecular formula is C21H30N4O3. The quantitative estimate of drug-likeness (QED) is 0.670. The Balaban J connectivity index is 1.73. The minimum Gasteiger partial charge on any atom is -0.382 e. The first-order valence-electron chi connectivity index (χ1n) is 10.3. The smallest absolute Gasteiger partial charge is 0.294 e. The van der Waals surface area contributed by atoms with Crippen molar-refractivity contribution in [2.45, 2.75) is 45.6 Å². The zero-order valence-corrected chi connectivity index (χ0v) is 16.7. The van der Waals surface area contributed by atoms with Gasteiger partial charge in [0.05, 0.1) is 11.0 Å². The molecule has 0 radical (unpaired) electrons. The minimum absolute atomic E-state index is 0.0520. The monoisotopic (exact) mass is 386 g/mol. The molecule has 1 fully saturated rings. The maximum absolute atomic E-state index is 13.1. The van der Waals surface area contributed by atoms with Crippen LogP contribution in [-0.4, -0.2) is 48.3 Å². The Morgan fingerprint density at radius 3 is 2.79 bits per heavy atom. The molecule has 0 atom stereocenters. The molecule has 0 spiro atoms. The number of hydrogen-bond donors (Lipinski definition) is 1. The molecule has 1 saturated heterocycles. The Bertz CT molecular complexity index is 843. The predicted octanol–water partition coefficient (Wildman–Crippen LogP) is 2.32. The number of ether oxygens (including phenoxy) is 1. The van der Waals surface area contributed by atoms with Crippen LogP contribution in [0.4, 0.5) is 5.82 Å². The molecule has 7 nitrogen and oxygen atoms in total. The van der Waals surface area contributed by atoms with E-state index < -0.39 is 0 Å². The molecule has 0 saturated carbocycles. The molecule has 1 N–H and O–H groups in total. The lowest BCUT2D eigenvalue weighted by atomic mass is 10.1. The predicted molar refractivity (Wildman–Crippen MR) is 111 cm³/mol. The summed E-state index contributed by atoms with van der Waals surface area (Å²) in [6, 6.07) is 7.64. The van der Waals surface area contributed by atoms with E-state index in [1.807, 2.05) is 31.2 Å². The van der Waals surface area contributed by atoms with Crippen molar-refractivity contribution < 1.29 is 9.53 Å². The largest absolute Gasteiger partial charge is 0.382 e. The molecule has 3 rings (SSSR count). The van der Waals surface area contributed by atoms with Gasteiger partial charge in [-0.25, -0.2) is 4.98 Å². The Hall–Kier alpha value is -2.41.